The van der Waals surface area contributed by atoms with E-state index < -0.39 is 0 Å². The second-order valence-electron chi connectivity index (χ2n) is 7.86. The van der Waals surface area contributed by atoms with E-state index in [1.165, 1.54) is 11.3 Å². The fourth-order valence-corrected chi connectivity index (χ4v) is 3.79. The average molecular weight is 438 g/mol. The third-order valence-corrected chi connectivity index (χ3v) is 5.46. The predicted octanol–water partition coefficient (Wildman–Crippen LogP) is 3.74. The normalized spacial score (nSPS) is 14.5. The van der Waals surface area contributed by atoms with Crippen LogP contribution in [0, 0.1) is 6.92 Å². The Kier molecular flexibility index (Phi) is 8.99. The number of piperazine rings is 1. The van der Waals surface area contributed by atoms with Crippen LogP contribution in [0.1, 0.15) is 25.0 Å². The Labute approximate surface area is 191 Å². The van der Waals surface area contributed by atoms with Crippen LogP contribution < -0.4 is 19.7 Å². The molecular formula is C26H35N3O3. The summed E-state index contributed by atoms with van der Waals surface area (Å²) in [7, 11) is 0. The van der Waals surface area contributed by atoms with Crippen LogP contribution in [0.2, 0.25) is 0 Å². The van der Waals surface area contributed by atoms with E-state index in [4.69, 9.17) is 9.47 Å². The molecule has 1 aliphatic rings. The van der Waals surface area contributed by atoms with E-state index >= 15 is 0 Å². The molecule has 0 bridgehead atoms. The van der Waals surface area contributed by atoms with Crippen LogP contribution in [0.25, 0.3) is 6.08 Å². The first-order valence-electron chi connectivity index (χ1n) is 11.5. The maximum absolute atomic E-state index is 12.2. The van der Waals surface area contributed by atoms with Crippen molar-refractivity contribution in [3.05, 3.63) is 59.7 Å². The quantitative estimate of drug-likeness (QED) is 0.574. The van der Waals surface area contributed by atoms with Crippen molar-refractivity contribution in [1.29, 1.82) is 0 Å². The lowest BCUT2D eigenvalue weighted by Gasteiger charge is -2.36. The van der Waals surface area contributed by atoms with Gasteiger partial charge in [-0.15, -0.1) is 0 Å². The number of benzene rings is 2. The Hall–Kier alpha value is -2.99. The van der Waals surface area contributed by atoms with E-state index in [1.54, 1.807) is 12.2 Å². The molecule has 1 fully saturated rings. The molecule has 0 aliphatic carbocycles. The molecule has 2 aromatic rings. The third kappa shape index (κ3) is 7.02. The number of nitrogens with one attached hydrogen (secondary N) is 1. The maximum Gasteiger partial charge on any atom is 0.244 e. The summed E-state index contributed by atoms with van der Waals surface area (Å²) < 4.78 is 11.2. The lowest BCUT2D eigenvalue weighted by atomic mass is 10.2. The molecule has 1 heterocycles. The van der Waals surface area contributed by atoms with E-state index in [2.05, 4.69) is 46.3 Å². The number of carbonyl (C=O) groups excluding carboxylic acids is 1. The average Bonchev–Trinajstić information content (AvgIpc) is 2.80. The molecule has 1 amide bonds. The predicted molar refractivity (Wildman–Crippen MR) is 131 cm³/mol. The number of rotatable bonds is 10. The third-order valence-electron chi connectivity index (χ3n) is 5.46. The van der Waals surface area contributed by atoms with E-state index in [0.29, 0.717) is 25.5 Å². The Morgan fingerprint density at radius 3 is 2.47 bits per heavy atom. The molecular weight excluding hydrogens is 402 g/mol. The summed E-state index contributed by atoms with van der Waals surface area (Å²) in [6.07, 6.45) is 3.37. The van der Waals surface area contributed by atoms with Gasteiger partial charge in [-0.05, 0) is 62.2 Å². The summed E-state index contributed by atoms with van der Waals surface area (Å²) in [4.78, 5) is 17.1. The fourth-order valence-electron chi connectivity index (χ4n) is 3.79. The number of nitrogens with zero attached hydrogens (tertiary/aromatic N) is 2. The standard InChI is InChI=1S/C26H35N3O3/c1-4-31-24-11-9-22(20-25(24)32-5-2)10-12-26(30)27-13-14-28-15-17-29(18-16-28)23-8-6-7-21(3)19-23/h6-12,19-20H,4-5,13-18H2,1-3H3,(H,27,30)/b12-10+. The molecule has 1 aliphatic heterocycles. The number of anilines is 1. The number of amides is 1. The van der Waals surface area contributed by atoms with Crippen molar-refractivity contribution < 1.29 is 14.3 Å². The van der Waals surface area contributed by atoms with Gasteiger partial charge in [0.2, 0.25) is 5.91 Å². The Balaban J connectivity index is 1.41. The maximum atomic E-state index is 12.2. The highest BCUT2D eigenvalue weighted by Gasteiger charge is 2.17. The summed E-state index contributed by atoms with van der Waals surface area (Å²) in [5.74, 6) is 1.33. The largest absolute Gasteiger partial charge is 0.490 e. The number of carbonyl (C=O) groups is 1. The van der Waals surface area contributed by atoms with Gasteiger partial charge in [0.15, 0.2) is 11.5 Å². The van der Waals surface area contributed by atoms with E-state index in [0.717, 1.165) is 44.0 Å². The lowest BCUT2D eigenvalue weighted by Crippen LogP contribution is -2.48. The van der Waals surface area contributed by atoms with Crippen molar-refractivity contribution >= 4 is 17.7 Å². The van der Waals surface area contributed by atoms with Gasteiger partial charge in [-0.1, -0.05) is 18.2 Å². The summed E-state index contributed by atoms with van der Waals surface area (Å²) in [5, 5.41) is 2.99. The number of aryl methyl sites for hydroxylation is 1. The lowest BCUT2D eigenvalue weighted by molar-refractivity contribution is -0.116. The van der Waals surface area contributed by atoms with Crippen LogP contribution in [-0.4, -0.2) is 63.3 Å². The number of ether oxygens (including phenoxy) is 2. The van der Waals surface area contributed by atoms with Crippen LogP contribution in [0.4, 0.5) is 5.69 Å². The highest BCUT2D eigenvalue weighted by Crippen LogP contribution is 2.29. The van der Waals surface area contributed by atoms with Crippen molar-refractivity contribution in [1.82, 2.24) is 10.2 Å². The Morgan fingerprint density at radius 1 is 1.00 bits per heavy atom. The van der Waals surface area contributed by atoms with E-state index in [-0.39, 0.29) is 5.91 Å². The summed E-state index contributed by atoms with van der Waals surface area (Å²) in [6, 6.07) is 14.4. The van der Waals surface area contributed by atoms with Crippen molar-refractivity contribution in [3.63, 3.8) is 0 Å². The SMILES string of the molecule is CCOc1ccc(/C=C/C(=O)NCCN2CCN(c3cccc(C)c3)CC2)cc1OCC. The molecule has 0 spiro atoms. The molecule has 6 nitrogen and oxygen atoms in total. The zero-order valence-electron chi connectivity index (χ0n) is 19.5. The highest BCUT2D eigenvalue weighted by atomic mass is 16.5. The molecule has 3 rings (SSSR count). The molecule has 0 radical (unpaired) electrons. The zero-order valence-corrected chi connectivity index (χ0v) is 19.5. The Bertz CT molecular complexity index is 905. The van der Waals surface area contributed by atoms with Crippen molar-refractivity contribution in [2.75, 3.05) is 57.4 Å². The minimum Gasteiger partial charge on any atom is -0.490 e. The van der Waals surface area contributed by atoms with Gasteiger partial charge in [0.05, 0.1) is 13.2 Å². The van der Waals surface area contributed by atoms with Crippen molar-refractivity contribution in [3.8, 4) is 11.5 Å². The molecule has 0 atom stereocenters. The number of hydrogen-bond acceptors (Lipinski definition) is 5. The van der Waals surface area contributed by atoms with Crippen LogP contribution in [0.15, 0.2) is 48.5 Å². The molecule has 2 aromatic carbocycles. The first-order chi connectivity index (χ1) is 15.6. The summed E-state index contributed by atoms with van der Waals surface area (Å²) in [5.41, 5.74) is 3.49. The first kappa shape index (κ1) is 23.7. The highest BCUT2D eigenvalue weighted by molar-refractivity contribution is 5.91. The van der Waals surface area contributed by atoms with Gasteiger partial charge in [0.25, 0.3) is 0 Å². The molecule has 1 N–H and O–H groups in total. The van der Waals surface area contributed by atoms with Gasteiger partial charge in [-0.25, -0.2) is 0 Å². The first-order valence-corrected chi connectivity index (χ1v) is 11.5. The smallest absolute Gasteiger partial charge is 0.244 e. The van der Waals surface area contributed by atoms with Gasteiger partial charge >= 0.3 is 0 Å². The second-order valence-corrected chi connectivity index (χ2v) is 7.86. The van der Waals surface area contributed by atoms with Crippen molar-refractivity contribution in [2.45, 2.75) is 20.8 Å². The van der Waals surface area contributed by atoms with E-state index in [1.807, 2.05) is 32.0 Å². The van der Waals surface area contributed by atoms with Gasteiger partial charge in [-0.3, -0.25) is 9.69 Å². The zero-order chi connectivity index (χ0) is 22.8. The topological polar surface area (TPSA) is 54.0 Å². The van der Waals surface area contributed by atoms with Crippen LogP contribution in [0.5, 0.6) is 11.5 Å². The fraction of sp³-hybridized carbons (Fsp3) is 0.423. The van der Waals surface area contributed by atoms with E-state index in [9.17, 15) is 4.79 Å². The molecule has 0 saturated carbocycles. The van der Waals surface area contributed by atoms with Crippen molar-refractivity contribution in [2.24, 2.45) is 0 Å². The van der Waals surface area contributed by atoms with Gasteiger partial charge in [0, 0.05) is 51.0 Å². The molecule has 32 heavy (non-hydrogen) atoms. The Morgan fingerprint density at radius 2 is 1.75 bits per heavy atom. The van der Waals surface area contributed by atoms with Crippen LogP contribution >= 0.6 is 0 Å². The molecule has 172 valence electrons. The molecule has 0 aromatic heterocycles. The molecule has 0 unspecified atom stereocenters. The summed E-state index contributed by atoms with van der Waals surface area (Å²) in [6.45, 7) is 12.7. The minimum absolute atomic E-state index is 0.0877. The molecule has 6 heteroatoms. The van der Waals surface area contributed by atoms with Gasteiger partial charge in [-0.2, -0.15) is 0 Å². The van der Waals surface area contributed by atoms with Gasteiger partial charge < -0.3 is 19.7 Å². The van der Waals surface area contributed by atoms with Gasteiger partial charge in [0.1, 0.15) is 0 Å². The number of hydrogen-bond donors (Lipinski definition) is 1. The minimum atomic E-state index is -0.0877. The van der Waals surface area contributed by atoms with Crippen LogP contribution in [0.3, 0.4) is 0 Å². The van der Waals surface area contributed by atoms with Crippen LogP contribution in [-0.2, 0) is 4.79 Å². The monoisotopic (exact) mass is 437 g/mol. The summed E-state index contributed by atoms with van der Waals surface area (Å²) >= 11 is 0. The molecule has 1 saturated heterocycles. The second kappa shape index (κ2) is 12.2.